The molecule has 5 heteroatoms. The van der Waals surface area contributed by atoms with E-state index in [1.807, 2.05) is 17.0 Å². The molecule has 2 fully saturated rings. The summed E-state index contributed by atoms with van der Waals surface area (Å²) in [5, 5.41) is 0. The summed E-state index contributed by atoms with van der Waals surface area (Å²) < 4.78 is 5.33. The lowest BCUT2D eigenvalue weighted by molar-refractivity contribution is -0.136. The molecule has 0 saturated heterocycles. The molecule has 0 aromatic carbocycles. The Balaban J connectivity index is 1.78. The Morgan fingerprint density at radius 3 is 2.72 bits per heavy atom. The molecule has 1 amide bonds. The van der Waals surface area contributed by atoms with Crippen LogP contribution in [-0.2, 0) is 11.3 Å². The second-order valence-corrected chi connectivity index (χ2v) is 5.63. The Labute approximate surface area is 111 Å². The monoisotopic (exact) mass is 264 g/mol. The summed E-state index contributed by atoms with van der Waals surface area (Å²) in [4.78, 5) is 14.8. The summed E-state index contributed by atoms with van der Waals surface area (Å²) in [5.74, 6) is 0.905. The number of nitrogens with two attached hydrogens (primary N) is 1. The van der Waals surface area contributed by atoms with Gasteiger partial charge >= 0.3 is 0 Å². The Morgan fingerprint density at radius 2 is 2.28 bits per heavy atom. The first-order valence-corrected chi connectivity index (χ1v) is 6.68. The van der Waals surface area contributed by atoms with Gasteiger partial charge < -0.3 is 15.1 Å². The third-order valence-corrected chi connectivity index (χ3v) is 4.18. The predicted molar refractivity (Wildman–Crippen MR) is 70.7 cm³/mol. The fourth-order valence-electron chi connectivity index (χ4n) is 2.29. The summed E-state index contributed by atoms with van der Waals surface area (Å²) in [6.07, 6.45) is 5.36. The highest BCUT2D eigenvalue weighted by Crippen LogP contribution is 2.49. The van der Waals surface area contributed by atoms with E-state index in [2.05, 4.69) is 0 Å². The molecule has 1 aromatic heterocycles. The van der Waals surface area contributed by atoms with Crippen molar-refractivity contribution >= 4 is 23.1 Å². The Morgan fingerprint density at radius 1 is 1.56 bits per heavy atom. The molecule has 96 valence electrons. The van der Waals surface area contributed by atoms with Gasteiger partial charge in [0.1, 0.15) is 5.76 Å². The first-order valence-electron chi connectivity index (χ1n) is 6.27. The number of hydrogen-bond acceptors (Lipinski definition) is 3. The molecule has 0 bridgehead atoms. The fraction of sp³-hybridized carbons (Fsp3) is 0.538. The summed E-state index contributed by atoms with van der Waals surface area (Å²) in [6.45, 7) is 0.529. The van der Waals surface area contributed by atoms with Gasteiger partial charge in [-0.3, -0.25) is 4.79 Å². The van der Waals surface area contributed by atoms with Gasteiger partial charge in [-0.15, -0.1) is 0 Å². The topological polar surface area (TPSA) is 59.5 Å². The molecule has 18 heavy (non-hydrogen) atoms. The Bertz CT molecular complexity index is 475. The van der Waals surface area contributed by atoms with Gasteiger partial charge in [0.15, 0.2) is 0 Å². The van der Waals surface area contributed by atoms with Gasteiger partial charge in [0.05, 0.1) is 23.2 Å². The molecule has 1 aromatic rings. The van der Waals surface area contributed by atoms with Crippen molar-refractivity contribution in [2.45, 2.75) is 38.3 Å². The van der Waals surface area contributed by atoms with Crippen LogP contribution in [0.25, 0.3) is 0 Å². The average molecular weight is 264 g/mol. The normalized spacial score (nSPS) is 20.4. The van der Waals surface area contributed by atoms with Gasteiger partial charge in [-0.1, -0.05) is 12.2 Å². The molecule has 2 N–H and O–H groups in total. The van der Waals surface area contributed by atoms with Crippen LogP contribution >= 0.6 is 12.2 Å². The number of carbonyl (C=O) groups excluding carboxylic acids is 1. The minimum Gasteiger partial charge on any atom is -0.467 e. The van der Waals surface area contributed by atoms with Crippen LogP contribution in [0.1, 0.15) is 31.4 Å². The number of nitrogens with zero attached hydrogens (tertiary/aromatic N) is 1. The second-order valence-electron chi connectivity index (χ2n) is 5.19. The minimum atomic E-state index is -0.551. The first kappa shape index (κ1) is 11.7. The summed E-state index contributed by atoms with van der Waals surface area (Å²) >= 11 is 5.05. The van der Waals surface area contributed by atoms with Crippen molar-refractivity contribution in [1.82, 2.24) is 4.90 Å². The Kier molecular flexibility index (Phi) is 2.66. The Hall–Kier alpha value is -1.36. The lowest BCUT2D eigenvalue weighted by Gasteiger charge is -2.26. The van der Waals surface area contributed by atoms with Crippen LogP contribution in [0.2, 0.25) is 0 Å². The summed E-state index contributed by atoms with van der Waals surface area (Å²) in [7, 11) is 0. The highest BCUT2D eigenvalue weighted by atomic mass is 32.1. The highest BCUT2D eigenvalue weighted by molar-refractivity contribution is 7.80. The number of carbonyl (C=O) groups is 1. The average Bonchev–Trinajstić information content (AvgIpc) is 3.24. The van der Waals surface area contributed by atoms with Crippen molar-refractivity contribution < 1.29 is 9.21 Å². The molecule has 0 spiro atoms. The maximum Gasteiger partial charge on any atom is 0.236 e. The molecule has 2 saturated carbocycles. The number of furan rings is 1. The van der Waals surface area contributed by atoms with E-state index in [0.29, 0.717) is 17.6 Å². The number of hydrogen-bond donors (Lipinski definition) is 1. The van der Waals surface area contributed by atoms with E-state index in [9.17, 15) is 4.79 Å². The van der Waals surface area contributed by atoms with E-state index < -0.39 is 5.41 Å². The number of amides is 1. The minimum absolute atomic E-state index is 0.0916. The van der Waals surface area contributed by atoms with E-state index in [1.54, 1.807) is 6.26 Å². The van der Waals surface area contributed by atoms with Crippen LogP contribution in [0.15, 0.2) is 22.8 Å². The zero-order chi connectivity index (χ0) is 12.8. The molecule has 0 unspecified atom stereocenters. The maximum atomic E-state index is 12.6. The SMILES string of the molecule is NC(=S)C1(C(=O)N(Cc2ccco2)C2CC2)CC1. The van der Waals surface area contributed by atoms with Gasteiger partial charge in [-0.25, -0.2) is 0 Å². The van der Waals surface area contributed by atoms with Crippen molar-refractivity contribution in [3.8, 4) is 0 Å². The quantitative estimate of drug-likeness (QED) is 0.824. The maximum absolute atomic E-state index is 12.6. The van der Waals surface area contributed by atoms with Gasteiger partial charge in [-0.05, 0) is 37.8 Å². The molecule has 0 aliphatic heterocycles. The van der Waals surface area contributed by atoms with Gasteiger partial charge in [0, 0.05) is 6.04 Å². The first-order chi connectivity index (χ1) is 8.63. The molecule has 2 aliphatic carbocycles. The molecule has 4 nitrogen and oxygen atoms in total. The molecule has 2 aliphatic rings. The number of thiocarbonyl (C=S) groups is 1. The van der Waals surface area contributed by atoms with E-state index in [0.717, 1.165) is 31.4 Å². The lowest BCUT2D eigenvalue weighted by Crippen LogP contribution is -2.43. The van der Waals surface area contributed by atoms with Gasteiger partial charge in [0.2, 0.25) is 5.91 Å². The van der Waals surface area contributed by atoms with Crippen molar-refractivity contribution in [3.05, 3.63) is 24.2 Å². The van der Waals surface area contributed by atoms with Crippen LogP contribution in [0.5, 0.6) is 0 Å². The largest absolute Gasteiger partial charge is 0.467 e. The zero-order valence-electron chi connectivity index (χ0n) is 10.1. The molecular formula is C13H16N2O2S. The van der Waals surface area contributed by atoms with Crippen LogP contribution in [0.4, 0.5) is 0 Å². The van der Waals surface area contributed by atoms with E-state index in [4.69, 9.17) is 22.4 Å². The molecule has 1 heterocycles. The van der Waals surface area contributed by atoms with Crippen LogP contribution in [0.3, 0.4) is 0 Å². The lowest BCUT2D eigenvalue weighted by atomic mass is 10.1. The molecule has 3 rings (SSSR count). The summed E-state index contributed by atoms with van der Waals surface area (Å²) in [5.41, 5.74) is 5.17. The molecule has 0 atom stereocenters. The number of rotatable bonds is 5. The third-order valence-electron chi connectivity index (χ3n) is 3.79. The van der Waals surface area contributed by atoms with Crippen molar-refractivity contribution in [3.63, 3.8) is 0 Å². The van der Waals surface area contributed by atoms with Crippen LogP contribution < -0.4 is 5.73 Å². The zero-order valence-corrected chi connectivity index (χ0v) is 10.9. The van der Waals surface area contributed by atoms with Crippen molar-refractivity contribution in [2.75, 3.05) is 0 Å². The standard InChI is InChI=1S/C13H16N2O2S/c14-11(18)13(5-6-13)12(16)15(9-3-4-9)8-10-2-1-7-17-10/h1-2,7,9H,3-6,8H2,(H2,14,18). The van der Waals surface area contributed by atoms with Crippen LogP contribution in [-0.4, -0.2) is 21.8 Å². The van der Waals surface area contributed by atoms with Crippen molar-refractivity contribution in [2.24, 2.45) is 11.1 Å². The highest BCUT2D eigenvalue weighted by Gasteiger charge is 2.56. The predicted octanol–water partition coefficient (Wildman–Crippen LogP) is 1.84. The van der Waals surface area contributed by atoms with E-state index in [-0.39, 0.29) is 5.91 Å². The van der Waals surface area contributed by atoms with Gasteiger partial charge in [-0.2, -0.15) is 0 Å². The van der Waals surface area contributed by atoms with Crippen LogP contribution in [0, 0.1) is 5.41 Å². The van der Waals surface area contributed by atoms with Crippen molar-refractivity contribution in [1.29, 1.82) is 0 Å². The smallest absolute Gasteiger partial charge is 0.236 e. The fourth-order valence-corrected chi connectivity index (χ4v) is 2.58. The molecule has 0 radical (unpaired) electrons. The molecular weight excluding hydrogens is 248 g/mol. The summed E-state index contributed by atoms with van der Waals surface area (Å²) in [6, 6.07) is 4.07. The van der Waals surface area contributed by atoms with E-state index in [1.165, 1.54) is 0 Å². The second kappa shape index (κ2) is 4.09. The third kappa shape index (κ3) is 1.92. The van der Waals surface area contributed by atoms with Gasteiger partial charge in [0.25, 0.3) is 0 Å². The van der Waals surface area contributed by atoms with E-state index >= 15 is 0 Å².